The number of nitro groups is 1. The Labute approximate surface area is 153 Å². The topological polar surface area (TPSA) is 89.8 Å². The number of rotatable bonds is 6. The lowest BCUT2D eigenvalue weighted by Gasteiger charge is -2.19. The van der Waals surface area contributed by atoms with Gasteiger partial charge in [0.2, 0.25) is 0 Å². The minimum atomic E-state index is -4.12. The van der Waals surface area contributed by atoms with Gasteiger partial charge in [-0.25, -0.2) is 8.42 Å². The molecule has 0 aliphatic carbocycles. The lowest BCUT2D eigenvalue weighted by atomic mass is 10.3. The van der Waals surface area contributed by atoms with Gasteiger partial charge in [0, 0.05) is 17.6 Å². The van der Waals surface area contributed by atoms with Crippen molar-refractivity contribution in [1.29, 1.82) is 0 Å². The third-order valence-electron chi connectivity index (χ3n) is 3.28. The van der Waals surface area contributed by atoms with Gasteiger partial charge in [0.1, 0.15) is 12.4 Å². The highest BCUT2D eigenvalue weighted by Gasteiger charge is 2.30. The summed E-state index contributed by atoms with van der Waals surface area (Å²) in [4.78, 5) is 10.1. The summed E-state index contributed by atoms with van der Waals surface area (Å²) in [6.45, 7) is 0.0958. The second-order valence-electron chi connectivity index (χ2n) is 4.83. The molecule has 0 N–H and O–H groups in total. The average Bonchev–Trinajstić information content (AvgIpc) is 2.59. The Balaban J connectivity index is 2.40. The van der Waals surface area contributed by atoms with Gasteiger partial charge in [-0.05, 0) is 36.4 Å². The molecule has 0 atom stereocenters. The molecule has 2 rings (SSSR count). The quantitative estimate of drug-likeness (QED) is 0.403. The highest BCUT2D eigenvalue weighted by Crippen LogP contribution is 2.31. The van der Waals surface area contributed by atoms with Gasteiger partial charge in [-0.15, -0.1) is 6.42 Å². The summed E-state index contributed by atoms with van der Waals surface area (Å²) in [6.07, 6.45) is 5.10. The van der Waals surface area contributed by atoms with Crippen LogP contribution < -0.4 is 9.04 Å². The van der Waals surface area contributed by atoms with Crippen LogP contribution in [0.15, 0.2) is 51.8 Å². The molecule has 0 fully saturated rings. The van der Waals surface area contributed by atoms with Crippen LogP contribution in [0.5, 0.6) is 5.75 Å². The zero-order valence-corrected chi connectivity index (χ0v) is 15.5. The average molecular weight is 425 g/mol. The molecular formula is C16H13BrN2O5S. The van der Waals surface area contributed by atoms with Crippen molar-refractivity contribution in [2.24, 2.45) is 0 Å². The molecule has 0 saturated heterocycles. The van der Waals surface area contributed by atoms with E-state index in [2.05, 4.69) is 21.9 Å². The normalized spacial score (nSPS) is 10.8. The van der Waals surface area contributed by atoms with Crippen LogP contribution >= 0.6 is 15.9 Å². The van der Waals surface area contributed by atoms with E-state index in [4.69, 9.17) is 11.2 Å². The SMILES string of the molecule is C#CCOc1ccc(N(C)S(=O)(=O)c2ccc(Br)cc2[N+](=O)[O-])cc1. The van der Waals surface area contributed by atoms with E-state index >= 15 is 0 Å². The number of nitro benzene ring substituents is 1. The zero-order chi connectivity index (χ0) is 18.6. The van der Waals surface area contributed by atoms with Crippen molar-refractivity contribution >= 4 is 37.3 Å². The predicted octanol–water partition coefficient (Wildman–Crippen LogP) is 3.19. The van der Waals surface area contributed by atoms with E-state index in [0.29, 0.717) is 15.9 Å². The maximum absolute atomic E-state index is 12.8. The van der Waals surface area contributed by atoms with Crippen LogP contribution in [0.1, 0.15) is 0 Å². The van der Waals surface area contributed by atoms with Gasteiger partial charge in [-0.3, -0.25) is 14.4 Å². The van der Waals surface area contributed by atoms with Crippen LogP contribution in [0.3, 0.4) is 0 Å². The van der Waals surface area contributed by atoms with E-state index in [1.807, 2.05) is 0 Å². The monoisotopic (exact) mass is 424 g/mol. The molecule has 0 aliphatic heterocycles. The van der Waals surface area contributed by atoms with Crippen molar-refractivity contribution in [2.75, 3.05) is 18.0 Å². The number of ether oxygens (including phenoxy) is 1. The first kappa shape index (κ1) is 18.8. The molecule has 25 heavy (non-hydrogen) atoms. The molecule has 0 spiro atoms. The fraction of sp³-hybridized carbons (Fsp3) is 0.125. The van der Waals surface area contributed by atoms with Crippen molar-refractivity contribution in [1.82, 2.24) is 0 Å². The highest BCUT2D eigenvalue weighted by atomic mass is 79.9. The van der Waals surface area contributed by atoms with Gasteiger partial charge < -0.3 is 4.74 Å². The van der Waals surface area contributed by atoms with Gasteiger partial charge in [0.15, 0.2) is 4.90 Å². The van der Waals surface area contributed by atoms with Crippen LogP contribution in [-0.4, -0.2) is 27.0 Å². The molecule has 130 valence electrons. The van der Waals surface area contributed by atoms with Crippen LogP contribution in [0.2, 0.25) is 0 Å². The summed E-state index contributed by atoms with van der Waals surface area (Å²) in [6, 6.07) is 9.95. The first-order valence-corrected chi connectivity index (χ1v) is 9.10. The second-order valence-corrected chi connectivity index (χ2v) is 7.68. The molecule has 2 aromatic rings. The zero-order valence-electron chi connectivity index (χ0n) is 13.0. The summed E-state index contributed by atoms with van der Waals surface area (Å²) < 4.78 is 32.2. The summed E-state index contributed by atoms with van der Waals surface area (Å²) >= 11 is 3.10. The minimum absolute atomic E-state index is 0.0958. The molecule has 2 aromatic carbocycles. The van der Waals surface area contributed by atoms with Crippen molar-refractivity contribution in [3.05, 3.63) is 57.1 Å². The molecule has 0 saturated carbocycles. The number of anilines is 1. The Kier molecular flexibility index (Phi) is 5.66. The van der Waals surface area contributed by atoms with Crippen LogP contribution in [0, 0.1) is 22.5 Å². The van der Waals surface area contributed by atoms with Crippen molar-refractivity contribution in [3.8, 4) is 18.1 Å². The third-order valence-corrected chi connectivity index (χ3v) is 5.60. The van der Waals surface area contributed by atoms with E-state index in [1.54, 1.807) is 12.1 Å². The minimum Gasteiger partial charge on any atom is -0.481 e. The standard InChI is InChI=1S/C16H13BrN2O5S/c1-3-10-24-14-7-5-13(6-8-14)18(2)25(22,23)16-9-4-12(17)11-15(16)19(20)21/h1,4-9,11H,10H2,2H3. The largest absolute Gasteiger partial charge is 0.481 e. The Morgan fingerprint density at radius 2 is 1.92 bits per heavy atom. The van der Waals surface area contributed by atoms with E-state index < -0.39 is 25.5 Å². The lowest BCUT2D eigenvalue weighted by Crippen LogP contribution is -2.27. The maximum atomic E-state index is 12.8. The molecule has 0 unspecified atom stereocenters. The smallest absolute Gasteiger partial charge is 0.291 e. The van der Waals surface area contributed by atoms with E-state index in [-0.39, 0.29) is 6.61 Å². The Morgan fingerprint density at radius 3 is 2.48 bits per heavy atom. The summed E-state index contributed by atoms with van der Waals surface area (Å²) in [5.41, 5.74) is -0.180. The van der Waals surface area contributed by atoms with Crippen molar-refractivity contribution in [2.45, 2.75) is 4.90 Å². The number of halogens is 1. The predicted molar refractivity (Wildman–Crippen MR) is 97.2 cm³/mol. The number of hydrogen-bond acceptors (Lipinski definition) is 5. The molecule has 0 radical (unpaired) electrons. The summed E-state index contributed by atoms with van der Waals surface area (Å²) in [5.74, 6) is 2.81. The van der Waals surface area contributed by atoms with Gasteiger partial charge in [0.25, 0.3) is 15.7 Å². The third kappa shape index (κ3) is 4.10. The van der Waals surface area contributed by atoms with Gasteiger partial charge in [0.05, 0.1) is 10.6 Å². The molecule has 0 aromatic heterocycles. The second kappa shape index (κ2) is 7.55. The maximum Gasteiger partial charge on any atom is 0.291 e. The highest BCUT2D eigenvalue weighted by molar-refractivity contribution is 9.10. The fourth-order valence-corrected chi connectivity index (χ4v) is 3.70. The number of benzene rings is 2. The first-order chi connectivity index (χ1) is 11.8. The Bertz CT molecular complexity index is 936. The Morgan fingerprint density at radius 1 is 1.28 bits per heavy atom. The molecule has 0 heterocycles. The molecular weight excluding hydrogens is 412 g/mol. The number of hydrogen-bond donors (Lipinski definition) is 0. The number of nitrogens with zero attached hydrogens (tertiary/aromatic N) is 2. The first-order valence-electron chi connectivity index (χ1n) is 6.86. The molecule has 9 heteroatoms. The van der Waals surface area contributed by atoms with Crippen molar-refractivity contribution < 1.29 is 18.1 Å². The van der Waals surface area contributed by atoms with Gasteiger partial charge in [-0.1, -0.05) is 21.9 Å². The van der Waals surface area contributed by atoms with E-state index in [0.717, 1.165) is 10.4 Å². The molecule has 0 amide bonds. The molecule has 7 nitrogen and oxygen atoms in total. The molecule has 0 aliphatic rings. The fourth-order valence-electron chi connectivity index (χ4n) is 2.01. The molecule has 0 bridgehead atoms. The van der Waals surface area contributed by atoms with Crippen LogP contribution in [0.25, 0.3) is 0 Å². The Hall–Kier alpha value is -2.57. The van der Waals surface area contributed by atoms with Gasteiger partial charge in [-0.2, -0.15) is 0 Å². The van der Waals surface area contributed by atoms with E-state index in [1.165, 1.54) is 31.3 Å². The summed E-state index contributed by atoms with van der Waals surface area (Å²) in [7, 11) is -2.80. The number of sulfonamides is 1. The van der Waals surface area contributed by atoms with Crippen molar-refractivity contribution in [3.63, 3.8) is 0 Å². The lowest BCUT2D eigenvalue weighted by molar-refractivity contribution is -0.387. The summed E-state index contributed by atoms with van der Waals surface area (Å²) in [5, 5.41) is 11.2. The number of terminal acetylenes is 1. The van der Waals surface area contributed by atoms with Crippen LogP contribution in [0.4, 0.5) is 11.4 Å². The van der Waals surface area contributed by atoms with E-state index in [9.17, 15) is 18.5 Å². The van der Waals surface area contributed by atoms with Gasteiger partial charge >= 0.3 is 0 Å². The van der Waals surface area contributed by atoms with Crippen LogP contribution in [-0.2, 0) is 10.0 Å².